The molecule has 2 fully saturated rings. The van der Waals surface area contributed by atoms with Crippen LogP contribution in [0.2, 0.25) is 0 Å². The fraction of sp³-hybridized carbons (Fsp3) is 0.643. The number of amides is 1. The van der Waals surface area contributed by atoms with Gasteiger partial charge in [-0.2, -0.15) is 0 Å². The van der Waals surface area contributed by atoms with Crippen molar-refractivity contribution in [2.24, 2.45) is 5.92 Å². The van der Waals surface area contributed by atoms with Crippen molar-refractivity contribution in [1.29, 1.82) is 0 Å². The molecule has 2 aliphatic rings. The number of carbonyl (C=O) groups excluding carboxylic acids is 1. The van der Waals surface area contributed by atoms with Crippen LogP contribution in [0.25, 0.3) is 0 Å². The van der Waals surface area contributed by atoms with Crippen LogP contribution in [0, 0.1) is 5.92 Å². The summed E-state index contributed by atoms with van der Waals surface area (Å²) in [5.74, 6) is 0.900. The van der Waals surface area contributed by atoms with Crippen LogP contribution in [0.4, 0.5) is 0 Å². The number of aromatic nitrogens is 2. The van der Waals surface area contributed by atoms with Crippen molar-refractivity contribution in [2.45, 2.75) is 19.4 Å². The van der Waals surface area contributed by atoms with Gasteiger partial charge >= 0.3 is 5.69 Å². The average molecular weight is 276 g/mol. The molecule has 0 radical (unpaired) electrons. The van der Waals surface area contributed by atoms with Crippen molar-refractivity contribution in [2.75, 3.05) is 32.7 Å². The normalized spacial score (nSPS) is 20.1. The van der Waals surface area contributed by atoms with Gasteiger partial charge in [-0.15, -0.1) is 0 Å². The van der Waals surface area contributed by atoms with E-state index in [1.165, 1.54) is 30.2 Å². The van der Waals surface area contributed by atoms with Crippen LogP contribution in [0.3, 0.4) is 0 Å². The lowest BCUT2D eigenvalue weighted by Crippen LogP contribution is -2.50. The molecule has 1 aromatic heterocycles. The highest BCUT2D eigenvalue weighted by Crippen LogP contribution is 2.29. The molecule has 0 aromatic carbocycles. The predicted octanol–water partition coefficient (Wildman–Crippen LogP) is -0.202. The maximum atomic E-state index is 12.2. The Morgan fingerprint density at radius 1 is 1.25 bits per heavy atom. The second kappa shape index (κ2) is 5.75. The van der Waals surface area contributed by atoms with Crippen molar-refractivity contribution < 1.29 is 4.79 Å². The number of nitrogens with zero attached hydrogens (tertiary/aromatic N) is 4. The second-order valence-electron chi connectivity index (χ2n) is 5.65. The van der Waals surface area contributed by atoms with Crippen LogP contribution in [0.15, 0.2) is 23.3 Å². The first-order valence-corrected chi connectivity index (χ1v) is 7.24. The molecular formula is C14H20N4O2. The van der Waals surface area contributed by atoms with E-state index in [4.69, 9.17) is 0 Å². The summed E-state index contributed by atoms with van der Waals surface area (Å²) < 4.78 is 1.36. The summed E-state index contributed by atoms with van der Waals surface area (Å²) in [6, 6.07) is 1.67. The average Bonchev–Trinajstić information content (AvgIpc) is 3.26. The Morgan fingerprint density at radius 2 is 2.00 bits per heavy atom. The molecule has 1 amide bonds. The van der Waals surface area contributed by atoms with E-state index in [-0.39, 0.29) is 18.1 Å². The Labute approximate surface area is 118 Å². The van der Waals surface area contributed by atoms with E-state index in [0.29, 0.717) is 0 Å². The first-order valence-electron chi connectivity index (χ1n) is 7.24. The van der Waals surface area contributed by atoms with Gasteiger partial charge in [-0.25, -0.2) is 9.78 Å². The standard InChI is InChI=1S/C14H20N4O2/c19-13(11-18-5-1-4-15-14(18)20)17-8-6-16(7-9-17)10-12-2-3-12/h1,4-5,12H,2-3,6-11H2. The number of hydrogen-bond donors (Lipinski definition) is 0. The molecule has 0 spiro atoms. The van der Waals surface area contributed by atoms with Gasteiger partial charge in [0, 0.05) is 45.1 Å². The summed E-state index contributed by atoms with van der Waals surface area (Å²) in [5.41, 5.74) is -0.367. The van der Waals surface area contributed by atoms with Gasteiger partial charge in [0.05, 0.1) is 0 Å². The third-order valence-electron chi connectivity index (χ3n) is 4.03. The molecule has 0 atom stereocenters. The summed E-state index contributed by atoms with van der Waals surface area (Å²) in [7, 11) is 0. The molecule has 1 aliphatic heterocycles. The van der Waals surface area contributed by atoms with Gasteiger partial charge in [-0.05, 0) is 24.8 Å². The SMILES string of the molecule is O=C(Cn1cccnc1=O)N1CCN(CC2CC2)CC1. The number of hydrogen-bond acceptors (Lipinski definition) is 4. The Balaban J connectivity index is 1.51. The Kier molecular flexibility index (Phi) is 3.82. The fourth-order valence-electron chi connectivity index (χ4n) is 2.60. The summed E-state index contributed by atoms with van der Waals surface area (Å²) in [4.78, 5) is 31.6. The zero-order valence-corrected chi connectivity index (χ0v) is 11.6. The summed E-state index contributed by atoms with van der Waals surface area (Å²) >= 11 is 0. The van der Waals surface area contributed by atoms with Crippen LogP contribution in [-0.4, -0.2) is 58.0 Å². The van der Waals surface area contributed by atoms with E-state index in [2.05, 4.69) is 9.88 Å². The minimum atomic E-state index is -0.367. The van der Waals surface area contributed by atoms with Crippen LogP contribution < -0.4 is 5.69 Å². The molecule has 6 heteroatoms. The molecule has 0 bridgehead atoms. The van der Waals surface area contributed by atoms with E-state index in [1.54, 1.807) is 12.3 Å². The maximum absolute atomic E-state index is 12.2. The van der Waals surface area contributed by atoms with E-state index in [9.17, 15) is 9.59 Å². The van der Waals surface area contributed by atoms with Gasteiger partial charge < -0.3 is 4.90 Å². The molecule has 2 heterocycles. The molecular weight excluding hydrogens is 256 g/mol. The largest absolute Gasteiger partial charge is 0.347 e. The number of piperazine rings is 1. The molecule has 108 valence electrons. The van der Waals surface area contributed by atoms with Crippen LogP contribution in [0.5, 0.6) is 0 Å². The maximum Gasteiger partial charge on any atom is 0.347 e. The zero-order chi connectivity index (χ0) is 13.9. The lowest BCUT2D eigenvalue weighted by Gasteiger charge is -2.34. The summed E-state index contributed by atoms with van der Waals surface area (Å²) in [5, 5.41) is 0. The van der Waals surface area contributed by atoms with Gasteiger partial charge in [0.25, 0.3) is 0 Å². The Morgan fingerprint density at radius 3 is 2.65 bits per heavy atom. The third-order valence-corrected chi connectivity index (χ3v) is 4.03. The monoisotopic (exact) mass is 276 g/mol. The lowest BCUT2D eigenvalue weighted by molar-refractivity contribution is -0.133. The third kappa shape index (κ3) is 3.25. The van der Waals surface area contributed by atoms with Gasteiger partial charge in [-0.3, -0.25) is 14.3 Å². The topological polar surface area (TPSA) is 58.4 Å². The molecule has 20 heavy (non-hydrogen) atoms. The van der Waals surface area contributed by atoms with E-state index < -0.39 is 0 Å². The highest BCUT2D eigenvalue weighted by molar-refractivity contribution is 5.76. The number of carbonyl (C=O) groups is 1. The highest BCUT2D eigenvalue weighted by Gasteiger charge is 2.27. The molecule has 0 N–H and O–H groups in total. The minimum absolute atomic E-state index is 0.00571. The van der Waals surface area contributed by atoms with Crippen LogP contribution >= 0.6 is 0 Å². The van der Waals surface area contributed by atoms with Crippen LogP contribution in [-0.2, 0) is 11.3 Å². The lowest BCUT2D eigenvalue weighted by atomic mass is 10.2. The van der Waals surface area contributed by atoms with Gasteiger partial charge in [0.1, 0.15) is 6.54 Å². The van der Waals surface area contributed by atoms with Gasteiger partial charge in [-0.1, -0.05) is 0 Å². The zero-order valence-electron chi connectivity index (χ0n) is 11.6. The number of rotatable bonds is 4. The van der Waals surface area contributed by atoms with Gasteiger partial charge in [0.2, 0.25) is 5.91 Å². The van der Waals surface area contributed by atoms with Crippen molar-refractivity contribution in [1.82, 2.24) is 19.4 Å². The molecule has 1 saturated carbocycles. The molecule has 6 nitrogen and oxygen atoms in total. The van der Waals surface area contributed by atoms with E-state index >= 15 is 0 Å². The first kappa shape index (κ1) is 13.3. The molecule has 1 aromatic rings. The highest BCUT2D eigenvalue weighted by atomic mass is 16.2. The van der Waals surface area contributed by atoms with E-state index in [0.717, 1.165) is 32.1 Å². The van der Waals surface area contributed by atoms with Crippen LogP contribution in [0.1, 0.15) is 12.8 Å². The van der Waals surface area contributed by atoms with Crippen molar-refractivity contribution in [3.63, 3.8) is 0 Å². The smallest absolute Gasteiger partial charge is 0.339 e. The Hall–Kier alpha value is -1.69. The molecule has 1 saturated heterocycles. The molecule has 1 aliphatic carbocycles. The second-order valence-corrected chi connectivity index (χ2v) is 5.65. The van der Waals surface area contributed by atoms with Crippen molar-refractivity contribution >= 4 is 5.91 Å². The fourth-order valence-corrected chi connectivity index (χ4v) is 2.60. The van der Waals surface area contributed by atoms with Crippen molar-refractivity contribution in [3.05, 3.63) is 28.9 Å². The quantitative estimate of drug-likeness (QED) is 0.764. The minimum Gasteiger partial charge on any atom is -0.339 e. The van der Waals surface area contributed by atoms with Gasteiger partial charge in [0.15, 0.2) is 0 Å². The molecule has 3 rings (SSSR count). The first-order chi connectivity index (χ1) is 9.72. The molecule has 0 unspecified atom stereocenters. The predicted molar refractivity (Wildman–Crippen MR) is 74.2 cm³/mol. The summed E-state index contributed by atoms with van der Waals surface area (Å²) in [6.45, 7) is 4.70. The summed E-state index contributed by atoms with van der Waals surface area (Å²) in [6.07, 6.45) is 5.78. The van der Waals surface area contributed by atoms with E-state index in [1.807, 2.05) is 4.90 Å². The Bertz CT molecular complexity index is 530. The van der Waals surface area contributed by atoms with Crippen molar-refractivity contribution in [3.8, 4) is 0 Å².